The first kappa shape index (κ1) is 14.9. The van der Waals surface area contributed by atoms with Gasteiger partial charge in [-0.3, -0.25) is 0 Å². The number of aromatic nitrogens is 2. The van der Waals surface area contributed by atoms with Crippen LogP contribution in [0.5, 0.6) is 0 Å². The molecule has 0 amide bonds. The summed E-state index contributed by atoms with van der Waals surface area (Å²) in [4.78, 5) is 4.61. The van der Waals surface area contributed by atoms with Crippen LogP contribution in [0.4, 0.5) is 5.82 Å². The molecule has 4 heteroatoms. The van der Waals surface area contributed by atoms with Crippen LogP contribution in [0.2, 0.25) is 0 Å². The van der Waals surface area contributed by atoms with Crippen molar-refractivity contribution in [3.63, 3.8) is 0 Å². The van der Waals surface area contributed by atoms with Crippen molar-refractivity contribution in [2.45, 2.75) is 71.6 Å². The Hall–Kier alpha value is -1.19. The molecular formula is C14H28N4. The Morgan fingerprint density at radius 2 is 1.72 bits per heavy atom. The van der Waals surface area contributed by atoms with Gasteiger partial charge in [0.05, 0.1) is 5.69 Å². The largest absolute Gasteiger partial charge is 0.382 e. The van der Waals surface area contributed by atoms with Crippen LogP contribution in [-0.2, 0) is 11.8 Å². The zero-order valence-electron chi connectivity index (χ0n) is 12.3. The summed E-state index contributed by atoms with van der Waals surface area (Å²) in [6.45, 7) is 8.53. The second-order valence-corrected chi connectivity index (χ2v) is 6.05. The van der Waals surface area contributed by atoms with Gasteiger partial charge in [0.15, 0.2) is 0 Å². The van der Waals surface area contributed by atoms with Gasteiger partial charge in [0, 0.05) is 5.41 Å². The average Bonchev–Trinajstić information content (AvgIpc) is 2.56. The quantitative estimate of drug-likeness (QED) is 0.604. The van der Waals surface area contributed by atoms with Gasteiger partial charge in [-0.1, -0.05) is 53.4 Å². The molecule has 104 valence electrons. The van der Waals surface area contributed by atoms with Crippen molar-refractivity contribution < 1.29 is 0 Å². The molecule has 0 saturated carbocycles. The predicted molar refractivity (Wildman–Crippen MR) is 78.0 cm³/mol. The normalized spacial score (nSPS) is 12.0. The maximum Gasteiger partial charge on any atom is 0.146 e. The lowest BCUT2D eigenvalue weighted by Crippen LogP contribution is -2.24. The lowest BCUT2D eigenvalue weighted by Gasteiger charge is -2.17. The lowest BCUT2D eigenvalue weighted by atomic mass is 9.96. The highest BCUT2D eigenvalue weighted by Gasteiger charge is 2.23. The summed E-state index contributed by atoms with van der Waals surface area (Å²) in [6, 6.07) is 0. The molecule has 0 saturated heterocycles. The first-order chi connectivity index (χ1) is 8.38. The van der Waals surface area contributed by atoms with Gasteiger partial charge in [0.2, 0.25) is 0 Å². The summed E-state index contributed by atoms with van der Waals surface area (Å²) in [5, 5.41) is 0. The van der Waals surface area contributed by atoms with Crippen molar-refractivity contribution in [1.82, 2.24) is 9.66 Å². The number of imidazole rings is 1. The zero-order valence-corrected chi connectivity index (χ0v) is 12.3. The number of unbranched alkanes of at least 4 members (excludes halogenated alkanes) is 4. The standard InChI is InChI=1S/C14H28N4/c1-5-6-7-8-9-10-11-12(15)18(16)13(17-11)14(2,3)4/h5-10,15-16H2,1-4H3. The monoisotopic (exact) mass is 252 g/mol. The molecular weight excluding hydrogens is 224 g/mol. The molecule has 0 aliphatic heterocycles. The highest BCUT2D eigenvalue weighted by Crippen LogP contribution is 2.24. The highest BCUT2D eigenvalue weighted by molar-refractivity contribution is 5.39. The van der Waals surface area contributed by atoms with Gasteiger partial charge in [-0.25, -0.2) is 9.66 Å². The Morgan fingerprint density at radius 1 is 1.11 bits per heavy atom. The highest BCUT2D eigenvalue weighted by atomic mass is 15.4. The molecule has 1 rings (SSSR count). The van der Waals surface area contributed by atoms with Crippen molar-refractivity contribution in [3.8, 4) is 0 Å². The summed E-state index contributed by atoms with van der Waals surface area (Å²) in [7, 11) is 0. The van der Waals surface area contributed by atoms with Crippen LogP contribution in [-0.4, -0.2) is 9.66 Å². The molecule has 0 spiro atoms. The fraction of sp³-hybridized carbons (Fsp3) is 0.786. The third kappa shape index (κ3) is 3.65. The van der Waals surface area contributed by atoms with Crippen LogP contribution in [0, 0.1) is 0 Å². The van der Waals surface area contributed by atoms with Crippen molar-refractivity contribution in [3.05, 3.63) is 11.5 Å². The molecule has 1 heterocycles. The van der Waals surface area contributed by atoms with Crippen molar-refractivity contribution in [2.75, 3.05) is 11.6 Å². The van der Waals surface area contributed by atoms with Gasteiger partial charge >= 0.3 is 0 Å². The van der Waals surface area contributed by atoms with Crippen LogP contribution < -0.4 is 11.6 Å². The lowest BCUT2D eigenvalue weighted by molar-refractivity contribution is 0.530. The first-order valence-corrected chi connectivity index (χ1v) is 7.00. The number of nitrogens with two attached hydrogens (primary N) is 2. The van der Waals surface area contributed by atoms with E-state index in [4.69, 9.17) is 11.6 Å². The maximum absolute atomic E-state index is 6.02. The molecule has 0 atom stereocenters. The van der Waals surface area contributed by atoms with Gasteiger partial charge < -0.3 is 11.6 Å². The van der Waals surface area contributed by atoms with Crippen molar-refractivity contribution in [1.29, 1.82) is 0 Å². The molecule has 0 bridgehead atoms. The summed E-state index contributed by atoms with van der Waals surface area (Å²) in [5.74, 6) is 7.46. The maximum atomic E-state index is 6.02. The first-order valence-electron chi connectivity index (χ1n) is 7.00. The molecule has 0 radical (unpaired) electrons. The van der Waals surface area contributed by atoms with Gasteiger partial charge in [-0.2, -0.15) is 0 Å². The third-order valence-electron chi connectivity index (χ3n) is 3.21. The minimum absolute atomic E-state index is 0.0661. The number of hydrogen-bond acceptors (Lipinski definition) is 3. The number of nitrogens with zero attached hydrogens (tertiary/aromatic N) is 2. The van der Waals surface area contributed by atoms with E-state index in [0.29, 0.717) is 5.82 Å². The van der Waals surface area contributed by atoms with E-state index in [1.165, 1.54) is 25.7 Å². The molecule has 1 aromatic heterocycles. The number of nitrogen functional groups attached to an aromatic ring is 2. The summed E-state index contributed by atoms with van der Waals surface area (Å²) in [5.41, 5.74) is 6.91. The van der Waals surface area contributed by atoms with E-state index in [2.05, 4.69) is 32.7 Å². The summed E-state index contributed by atoms with van der Waals surface area (Å²) < 4.78 is 1.54. The molecule has 0 unspecified atom stereocenters. The SMILES string of the molecule is CCCCCCCc1nc(C(C)(C)C)n(N)c1N. The minimum Gasteiger partial charge on any atom is -0.382 e. The number of anilines is 1. The molecule has 0 aliphatic rings. The van der Waals surface area contributed by atoms with Crippen LogP contribution in [0.1, 0.15) is 71.3 Å². The average molecular weight is 252 g/mol. The topological polar surface area (TPSA) is 69.9 Å². The molecule has 4 nitrogen and oxygen atoms in total. The molecule has 18 heavy (non-hydrogen) atoms. The van der Waals surface area contributed by atoms with E-state index in [9.17, 15) is 0 Å². The van der Waals surface area contributed by atoms with Crippen LogP contribution >= 0.6 is 0 Å². The molecule has 0 fully saturated rings. The fourth-order valence-electron chi connectivity index (χ4n) is 2.10. The van der Waals surface area contributed by atoms with E-state index >= 15 is 0 Å². The van der Waals surface area contributed by atoms with Crippen LogP contribution in [0.15, 0.2) is 0 Å². The predicted octanol–water partition coefficient (Wildman–Crippen LogP) is 2.99. The second-order valence-electron chi connectivity index (χ2n) is 6.05. The van der Waals surface area contributed by atoms with Crippen molar-refractivity contribution >= 4 is 5.82 Å². The third-order valence-corrected chi connectivity index (χ3v) is 3.21. The number of aryl methyl sites for hydroxylation is 1. The van der Waals surface area contributed by atoms with Gasteiger partial charge in [-0.15, -0.1) is 0 Å². The van der Waals surface area contributed by atoms with Gasteiger partial charge in [0.25, 0.3) is 0 Å². The Balaban J connectivity index is 2.62. The van der Waals surface area contributed by atoms with Crippen molar-refractivity contribution in [2.24, 2.45) is 0 Å². The van der Waals surface area contributed by atoms with Gasteiger partial charge in [-0.05, 0) is 12.8 Å². The Morgan fingerprint density at radius 3 is 2.22 bits per heavy atom. The molecule has 4 N–H and O–H groups in total. The zero-order chi connectivity index (χ0) is 13.8. The van der Waals surface area contributed by atoms with E-state index in [0.717, 1.165) is 24.4 Å². The van der Waals surface area contributed by atoms with E-state index in [1.807, 2.05) is 0 Å². The Kier molecular flexibility index (Phi) is 5.05. The Bertz CT molecular complexity index is 374. The van der Waals surface area contributed by atoms with E-state index < -0.39 is 0 Å². The Labute approximate surface area is 111 Å². The number of rotatable bonds is 6. The number of hydrogen-bond donors (Lipinski definition) is 2. The van der Waals surface area contributed by atoms with Crippen LogP contribution in [0.25, 0.3) is 0 Å². The van der Waals surface area contributed by atoms with Crippen LogP contribution in [0.3, 0.4) is 0 Å². The van der Waals surface area contributed by atoms with Gasteiger partial charge in [0.1, 0.15) is 11.6 Å². The fourth-order valence-corrected chi connectivity index (χ4v) is 2.10. The molecule has 0 aliphatic carbocycles. The minimum atomic E-state index is -0.0661. The smallest absolute Gasteiger partial charge is 0.146 e. The second kappa shape index (κ2) is 6.12. The van der Waals surface area contributed by atoms with E-state index in [1.54, 1.807) is 4.68 Å². The summed E-state index contributed by atoms with van der Waals surface area (Å²) >= 11 is 0. The molecule has 0 aromatic carbocycles. The molecule has 1 aromatic rings. The van der Waals surface area contributed by atoms with E-state index in [-0.39, 0.29) is 5.41 Å². The summed E-state index contributed by atoms with van der Waals surface area (Å²) in [6.07, 6.45) is 7.21.